The maximum absolute atomic E-state index is 11.2. The van der Waals surface area contributed by atoms with E-state index in [4.69, 9.17) is 4.74 Å². The second-order valence-corrected chi connectivity index (χ2v) is 7.41. The van der Waals surface area contributed by atoms with Crippen LogP contribution in [0.1, 0.15) is 0 Å². The average Bonchev–Trinajstić information content (AvgIpc) is 3.19. The molecule has 33 heavy (non-hydrogen) atoms. The van der Waals surface area contributed by atoms with Gasteiger partial charge < -0.3 is 15.2 Å². The number of hydrogen-bond acceptors (Lipinski definition) is 8. The Bertz CT molecular complexity index is 1550. The number of phenolic OH excluding ortho intramolecular Hbond substituents is 1. The van der Waals surface area contributed by atoms with Gasteiger partial charge in [0.1, 0.15) is 5.82 Å². The smallest absolute Gasteiger partial charge is 0.270 e. The van der Waals surface area contributed by atoms with Crippen LogP contribution < -0.4 is 10.1 Å². The highest BCUT2D eigenvalue weighted by molar-refractivity contribution is 5.95. The van der Waals surface area contributed by atoms with E-state index in [-0.39, 0.29) is 17.2 Å². The largest absolute Gasteiger partial charge is 0.504 e. The van der Waals surface area contributed by atoms with Gasteiger partial charge in [-0.15, -0.1) is 0 Å². The van der Waals surface area contributed by atoms with Crippen molar-refractivity contribution in [3.05, 3.63) is 70.9 Å². The Labute approximate surface area is 187 Å². The minimum absolute atomic E-state index is 0.0533. The van der Waals surface area contributed by atoms with Crippen molar-refractivity contribution in [3.63, 3.8) is 0 Å². The van der Waals surface area contributed by atoms with Crippen LogP contribution in [0.2, 0.25) is 0 Å². The lowest BCUT2D eigenvalue weighted by Crippen LogP contribution is -2.00. The van der Waals surface area contributed by atoms with Crippen molar-refractivity contribution in [2.75, 3.05) is 12.4 Å². The first-order valence-corrected chi connectivity index (χ1v) is 9.95. The maximum Gasteiger partial charge on any atom is 0.270 e. The number of aryl methyl sites for hydroxylation is 1. The molecule has 5 aromatic rings. The molecule has 0 saturated carbocycles. The second-order valence-electron chi connectivity index (χ2n) is 7.41. The lowest BCUT2D eigenvalue weighted by molar-refractivity contribution is -0.384. The third kappa shape index (κ3) is 3.63. The maximum atomic E-state index is 11.2. The van der Waals surface area contributed by atoms with Gasteiger partial charge in [0.15, 0.2) is 17.3 Å². The molecule has 0 amide bonds. The van der Waals surface area contributed by atoms with Crippen molar-refractivity contribution < 1.29 is 14.8 Å². The van der Waals surface area contributed by atoms with Crippen LogP contribution in [0.25, 0.3) is 33.2 Å². The quantitative estimate of drug-likeness (QED) is 0.300. The highest BCUT2D eigenvalue weighted by Crippen LogP contribution is 2.36. The molecule has 164 valence electrons. The summed E-state index contributed by atoms with van der Waals surface area (Å²) in [5.74, 6) is 0.933. The summed E-state index contributed by atoms with van der Waals surface area (Å²) < 4.78 is 7.01. The molecule has 0 saturated heterocycles. The zero-order valence-corrected chi connectivity index (χ0v) is 17.7. The van der Waals surface area contributed by atoms with Gasteiger partial charge in [0.2, 0.25) is 0 Å². The van der Waals surface area contributed by atoms with E-state index in [1.165, 1.54) is 25.3 Å². The summed E-state index contributed by atoms with van der Waals surface area (Å²) in [6.45, 7) is 0. The molecule has 10 heteroatoms. The number of hydrogen-bond donors (Lipinski definition) is 2. The number of aromatic nitrogens is 4. The standard InChI is InChI=1S/C23H18N6O4/c1-28-19-7-6-15(8-14(19)12-24-28)25-23-17-10-20(30)21(33-2)11-18(17)26-22(27-23)13-4-3-5-16(9-13)29(31)32/h3-12,30H,1-2H3,(H,25,26,27). The van der Waals surface area contributed by atoms with Crippen LogP contribution in [0.4, 0.5) is 17.2 Å². The Morgan fingerprint density at radius 1 is 1.12 bits per heavy atom. The first-order valence-electron chi connectivity index (χ1n) is 9.95. The number of phenols is 1. The molecule has 0 atom stereocenters. The molecule has 3 aromatic carbocycles. The molecule has 0 aliphatic heterocycles. The predicted octanol–water partition coefficient (Wildman–Crippen LogP) is 4.55. The Balaban J connectivity index is 1.68. The van der Waals surface area contributed by atoms with Gasteiger partial charge in [0, 0.05) is 47.3 Å². The van der Waals surface area contributed by atoms with Gasteiger partial charge in [0.25, 0.3) is 5.69 Å². The zero-order chi connectivity index (χ0) is 23.1. The van der Waals surface area contributed by atoms with Crippen LogP contribution in [0.5, 0.6) is 11.5 Å². The van der Waals surface area contributed by atoms with Crippen molar-refractivity contribution >= 4 is 39.0 Å². The SMILES string of the molecule is COc1cc2nc(-c3cccc([N+](=O)[O-])c3)nc(Nc3ccc4c(cnn4C)c3)c2cc1O. The van der Waals surface area contributed by atoms with E-state index in [9.17, 15) is 15.2 Å². The van der Waals surface area contributed by atoms with Crippen molar-refractivity contribution in [1.82, 2.24) is 19.7 Å². The number of anilines is 2. The molecular weight excluding hydrogens is 424 g/mol. The molecule has 0 spiro atoms. The summed E-state index contributed by atoms with van der Waals surface area (Å²) >= 11 is 0. The lowest BCUT2D eigenvalue weighted by Gasteiger charge is -2.13. The molecule has 2 N–H and O–H groups in total. The molecule has 0 aliphatic carbocycles. The molecule has 2 heterocycles. The molecular formula is C23H18N6O4. The Morgan fingerprint density at radius 3 is 2.76 bits per heavy atom. The highest BCUT2D eigenvalue weighted by Gasteiger charge is 2.16. The molecule has 0 aliphatic rings. The van der Waals surface area contributed by atoms with Gasteiger partial charge >= 0.3 is 0 Å². The van der Waals surface area contributed by atoms with Gasteiger partial charge in [-0.1, -0.05) is 12.1 Å². The van der Waals surface area contributed by atoms with Gasteiger partial charge in [0.05, 0.1) is 29.3 Å². The number of nitro benzene ring substituents is 1. The van der Waals surface area contributed by atoms with E-state index in [0.29, 0.717) is 28.1 Å². The fraction of sp³-hybridized carbons (Fsp3) is 0.0870. The summed E-state index contributed by atoms with van der Waals surface area (Å²) in [4.78, 5) is 20.0. The van der Waals surface area contributed by atoms with Gasteiger partial charge in [-0.2, -0.15) is 5.10 Å². The average molecular weight is 442 g/mol. The van der Waals surface area contributed by atoms with E-state index in [2.05, 4.69) is 20.4 Å². The number of aromatic hydroxyl groups is 1. The van der Waals surface area contributed by atoms with Crippen molar-refractivity contribution in [1.29, 1.82) is 0 Å². The van der Waals surface area contributed by atoms with Crippen LogP contribution in [0.15, 0.2) is 60.8 Å². The van der Waals surface area contributed by atoms with Crippen LogP contribution in [0, 0.1) is 10.1 Å². The molecule has 0 unspecified atom stereocenters. The molecule has 5 rings (SSSR count). The van der Waals surface area contributed by atoms with Crippen LogP contribution >= 0.6 is 0 Å². The minimum Gasteiger partial charge on any atom is -0.504 e. The first kappa shape index (κ1) is 20.2. The minimum atomic E-state index is -0.464. The van der Waals surface area contributed by atoms with Gasteiger partial charge in [-0.05, 0) is 24.3 Å². The normalized spacial score (nSPS) is 11.1. The number of methoxy groups -OCH3 is 1. The van der Waals surface area contributed by atoms with Crippen molar-refractivity contribution in [2.24, 2.45) is 7.05 Å². The van der Waals surface area contributed by atoms with E-state index < -0.39 is 4.92 Å². The Hall–Kier alpha value is -4.73. The Morgan fingerprint density at radius 2 is 1.97 bits per heavy atom. The predicted molar refractivity (Wildman–Crippen MR) is 124 cm³/mol. The number of benzene rings is 3. The number of rotatable bonds is 5. The molecule has 0 bridgehead atoms. The number of nitro groups is 1. The number of ether oxygens (including phenoxy) is 1. The Kier molecular flexibility index (Phi) is 4.74. The number of non-ortho nitro benzene ring substituents is 1. The van der Waals surface area contributed by atoms with Crippen molar-refractivity contribution in [2.45, 2.75) is 0 Å². The second kappa shape index (κ2) is 7.75. The van der Waals surface area contributed by atoms with E-state index in [1.54, 1.807) is 29.1 Å². The number of nitrogens with one attached hydrogen (secondary N) is 1. The van der Waals surface area contributed by atoms with Crippen LogP contribution in [0.3, 0.4) is 0 Å². The zero-order valence-electron chi connectivity index (χ0n) is 17.7. The topological polar surface area (TPSA) is 128 Å². The summed E-state index contributed by atoms with van der Waals surface area (Å²) in [6, 6.07) is 15.0. The van der Waals surface area contributed by atoms with Crippen LogP contribution in [-0.4, -0.2) is 36.9 Å². The summed E-state index contributed by atoms with van der Waals surface area (Å²) in [6.07, 6.45) is 1.77. The highest BCUT2D eigenvalue weighted by atomic mass is 16.6. The third-order valence-electron chi connectivity index (χ3n) is 5.32. The van der Waals surface area contributed by atoms with Gasteiger partial charge in [-0.3, -0.25) is 14.8 Å². The molecule has 0 radical (unpaired) electrons. The molecule has 2 aromatic heterocycles. The van der Waals surface area contributed by atoms with Crippen LogP contribution in [-0.2, 0) is 7.05 Å². The number of fused-ring (bicyclic) bond motifs is 2. The summed E-state index contributed by atoms with van der Waals surface area (Å²) in [7, 11) is 3.32. The summed E-state index contributed by atoms with van der Waals surface area (Å²) in [5.41, 5.74) is 2.68. The summed E-state index contributed by atoms with van der Waals surface area (Å²) in [5, 5.41) is 30.6. The van der Waals surface area contributed by atoms with Crippen molar-refractivity contribution in [3.8, 4) is 22.9 Å². The fourth-order valence-electron chi connectivity index (χ4n) is 3.67. The van der Waals surface area contributed by atoms with E-state index >= 15 is 0 Å². The van der Waals surface area contributed by atoms with E-state index in [1.807, 2.05) is 25.2 Å². The third-order valence-corrected chi connectivity index (χ3v) is 5.32. The lowest BCUT2D eigenvalue weighted by atomic mass is 10.1. The van der Waals surface area contributed by atoms with E-state index in [0.717, 1.165) is 16.6 Å². The molecule has 10 nitrogen and oxygen atoms in total. The number of nitrogens with zero attached hydrogens (tertiary/aromatic N) is 5. The van der Waals surface area contributed by atoms with Gasteiger partial charge in [-0.25, -0.2) is 9.97 Å². The fourth-order valence-corrected chi connectivity index (χ4v) is 3.67. The molecule has 0 fully saturated rings. The first-order chi connectivity index (χ1) is 15.9. The monoisotopic (exact) mass is 442 g/mol.